The number of nitrogens with two attached hydrogens (primary N) is 2. The van der Waals surface area contributed by atoms with Gasteiger partial charge in [-0.05, 0) is 12.8 Å². The van der Waals surface area contributed by atoms with Crippen molar-refractivity contribution < 1.29 is 58.8 Å². The molecule has 20 heteroatoms. The minimum Gasteiger partial charge on any atom is -0.481 e. The third kappa shape index (κ3) is 17.1. The lowest BCUT2D eigenvalue weighted by molar-refractivity contribution is -0.139. The van der Waals surface area contributed by atoms with E-state index in [2.05, 4.69) is 21.3 Å². The van der Waals surface area contributed by atoms with Crippen molar-refractivity contribution in [3.8, 4) is 0 Å². The molecule has 0 aromatic carbocycles. The smallest absolute Gasteiger partial charge is 0.322 e. The van der Waals surface area contributed by atoms with Gasteiger partial charge >= 0.3 is 23.9 Å². The number of nitrogens with one attached hydrogen (secondary N) is 4. The Bertz CT molecular complexity index is 953. The number of carbonyl (C=O) groups excluding carboxylic acids is 4. The minimum absolute atomic E-state index is 0.164. The van der Waals surface area contributed by atoms with Crippen molar-refractivity contribution in [3.05, 3.63) is 0 Å². The molecule has 226 valence electrons. The third-order valence-corrected chi connectivity index (χ3v) is 7.09. The Labute approximate surface area is 235 Å². The van der Waals surface area contributed by atoms with E-state index in [1.165, 1.54) is 0 Å². The average Bonchev–Trinajstić information content (AvgIpc) is 2.87. The van der Waals surface area contributed by atoms with E-state index in [-0.39, 0.29) is 30.8 Å². The fraction of sp³-hybridized carbons (Fsp3) is 0.600. The van der Waals surface area contributed by atoms with Gasteiger partial charge in [-0.1, -0.05) is 21.6 Å². The van der Waals surface area contributed by atoms with Crippen LogP contribution < -0.4 is 32.7 Å². The van der Waals surface area contributed by atoms with Crippen LogP contribution in [-0.2, 0) is 38.4 Å². The summed E-state index contributed by atoms with van der Waals surface area (Å²) in [5.41, 5.74) is 11.0. The van der Waals surface area contributed by atoms with Crippen LogP contribution >= 0.6 is 21.6 Å². The quantitative estimate of drug-likeness (QED) is 0.0437. The van der Waals surface area contributed by atoms with Gasteiger partial charge < -0.3 is 53.2 Å². The number of carbonyl (C=O) groups is 8. The molecule has 12 N–H and O–H groups in total. The molecule has 40 heavy (non-hydrogen) atoms. The lowest BCUT2D eigenvalue weighted by atomic mass is 10.1. The highest BCUT2D eigenvalue weighted by Crippen LogP contribution is 2.23. The minimum atomic E-state index is -1.35. The maximum absolute atomic E-state index is 12.4. The highest BCUT2D eigenvalue weighted by Gasteiger charge is 2.26. The van der Waals surface area contributed by atoms with Crippen LogP contribution in [0.25, 0.3) is 0 Å². The molecule has 0 aliphatic carbocycles. The Kier molecular flexibility index (Phi) is 17.7. The fourth-order valence-corrected chi connectivity index (χ4v) is 4.86. The van der Waals surface area contributed by atoms with Crippen molar-refractivity contribution in [2.45, 2.75) is 49.9 Å². The molecule has 0 radical (unpaired) electrons. The Hall–Kier alpha value is -3.62. The molecule has 4 amide bonds. The van der Waals surface area contributed by atoms with Gasteiger partial charge in [0.1, 0.15) is 31.2 Å². The molecule has 0 unspecified atom stereocenters. The van der Waals surface area contributed by atoms with E-state index in [1.807, 2.05) is 0 Å². The van der Waals surface area contributed by atoms with Gasteiger partial charge in [0.25, 0.3) is 0 Å². The standard InChI is InChI=1S/C20H32N6O12S2/c21-9(2-4-14(28)29)17(34)26-12(19(36)24-6-16(32)33)8-40-39-7-11(18(35)23-5-15(30)31)25-13(27)3-1-10(22)20(37)38/h9-12H,1-8,21-22H2,(H,23,35)(H,24,36)(H,25,27)(H,26,34)(H,28,29)(H,30,31)(H,32,33)(H,37,38)/t9-,10-,11-,12-/m0/s1. The van der Waals surface area contributed by atoms with Crippen molar-refractivity contribution >= 4 is 69.1 Å². The van der Waals surface area contributed by atoms with E-state index in [0.29, 0.717) is 0 Å². The fourth-order valence-electron chi connectivity index (χ4n) is 2.54. The van der Waals surface area contributed by atoms with Crippen molar-refractivity contribution in [1.82, 2.24) is 21.3 Å². The van der Waals surface area contributed by atoms with Gasteiger partial charge in [0.05, 0.1) is 6.04 Å². The van der Waals surface area contributed by atoms with Crippen molar-refractivity contribution in [2.24, 2.45) is 11.5 Å². The number of hydrogen-bond donors (Lipinski definition) is 10. The van der Waals surface area contributed by atoms with Crippen LogP contribution in [0.15, 0.2) is 0 Å². The summed E-state index contributed by atoms with van der Waals surface area (Å²) in [6.07, 6.45) is -1.20. The van der Waals surface area contributed by atoms with Gasteiger partial charge in [-0.25, -0.2) is 0 Å². The second-order valence-electron chi connectivity index (χ2n) is 8.00. The van der Waals surface area contributed by atoms with Crippen LogP contribution in [0.3, 0.4) is 0 Å². The van der Waals surface area contributed by atoms with E-state index >= 15 is 0 Å². The summed E-state index contributed by atoms with van der Waals surface area (Å²) in [6, 6.07) is -5.17. The summed E-state index contributed by atoms with van der Waals surface area (Å²) in [6.45, 7) is -1.50. The summed E-state index contributed by atoms with van der Waals surface area (Å²) in [5.74, 6) is -8.90. The Balaban J connectivity index is 5.23. The SMILES string of the molecule is N[C@@H](CCC(=O)N[C@@H](CSSC[C@H](NC(=O)[C@@H](N)CCC(=O)O)C(=O)NCC(=O)O)C(=O)NCC(=O)O)C(=O)O. The topological polar surface area (TPSA) is 318 Å². The highest BCUT2D eigenvalue weighted by molar-refractivity contribution is 8.76. The van der Waals surface area contributed by atoms with Crippen molar-refractivity contribution in [1.29, 1.82) is 0 Å². The van der Waals surface area contributed by atoms with Crippen molar-refractivity contribution in [3.63, 3.8) is 0 Å². The second kappa shape index (κ2) is 19.4. The van der Waals surface area contributed by atoms with E-state index in [4.69, 9.17) is 31.9 Å². The van der Waals surface area contributed by atoms with Gasteiger partial charge in [0.2, 0.25) is 23.6 Å². The normalized spacial score (nSPS) is 13.6. The zero-order valence-corrected chi connectivity index (χ0v) is 22.6. The molecule has 0 aliphatic rings. The van der Waals surface area contributed by atoms with Gasteiger partial charge in [-0.3, -0.25) is 38.4 Å². The summed E-state index contributed by atoms with van der Waals surface area (Å²) in [7, 11) is 1.86. The van der Waals surface area contributed by atoms with E-state index < -0.39 is 91.2 Å². The van der Waals surface area contributed by atoms with Crippen LogP contribution in [0, 0.1) is 0 Å². The van der Waals surface area contributed by atoms with Crippen LogP contribution in [0.2, 0.25) is 0 Å². The zero-order chi connectivity index (χ0) is 30.8. The molecule has 0 aromatic heterocycles. The number of aliphatic carboxylic acids is 4. The molecule has 0 spiro atoms. The summed E-state index contributed by atoms with van der Waals surface area (Å²) >= 11 is 0. The maximum Gasteiger partial charge on any atom is 0.322 e. The monoisotopic (exact) mass is 612 g/mol. The summed E-state index contributed by atoms with van der Waals surface area (Å²) in [4.78, 5) is 92.3. The Morgan fingerprint density at radius 3 is 1.48 bits per heavy atom. The molecule has 18 nitrogen and oxygen atoms in total. The van der Waals surface area contributed by atoms with E-state index in [1.54, 1.807) is 0 Å². The first-order valence-electron chi connectivity index (χ1n) is 11.4. The average molecular weight is 613 g/mol. The first-order chi connectivity index (χ1) is 18.6. The molecule has 4 atom stereocenters. The Morgan fingerprint density at radius 1 is 0.600 bits per heavy atom. The predicted molar refractivity (Wildman–Crippen MR) is 140 cm³/mol. The summed E-state index contributed by atoms with van der Waals surface area (Å²) < 4.78 is 0. The van der Waals surface area contributed by atoms with Gasteiger partial charge in [-0.2, -0.15) is 0 Å². The number of rotatable bonds is 21. The van der Waals surface area contributed by atoms with Gasteiger partial charge in [0, 0.05) is 24.3 Å². The second-order valence-corrected chi connectivity index (χ2v) is 10.5. The van der Waals surface area contributed by atoms with Crippen LogP contribution in [0.4, 0.5) is 0 Å². The van der Waals surface area contributed by atoms with E-state index in [9.17, 15) is 38.4 Å². The third-order valence-electron chi connectivity index (χ3n) is 4.67. The van der Waals surface area contributed by atoms with Gasteiger partial charge in [0.15, 0.2) is 0 Å². The van der Waals surface area contributed by atoms with E-state index in [0.717, 1.165) is 21.6 Å². The molecule has 0 saturated carbocycles. The van der Waals surface area contributed by atoms with Crippen LogP contribution in [-0.4, -0.2) is 117 Å². The lowest BCUT2D eigenvalue weighted by Gasteiger charge is -2.21. The number of carboxylic acids is 4. The molecule has 0 aliphatic heterocycles. The largest absolute Gasteiger partial charge is 0.481 e. The number of carboxylic acid groups (broad SMARTS) is 4. The first-order valence-corrected chi connectivity index (χ1v) is 13.9. The lowest BCUT2D eigenvalue weighted by Crippen LogP contribution is -2.53. The molecule has 0 fully saturated rings. The number of hydrogen-bond acceptors (Lipinski definition) is 12. The van der Waals surface area contributed by atoms with Crippen LogP contribution in [0.5, 0.6) is 0 Å². The molecule has 0 aromatic rings. The maximum atomic E-state index is 12.4. The highest BCUT2D eigenvalue weighted by atomic mass is 33.1. The first kappa shape index (κ1) is 36.4. The van der Waals surface area contributed by atoms with Gasteiger partial charge in [-0.15, -0.1) is 0 Å². The predicted octanol–water partition coefficient (Wildman–Crippen LogP) is -3.88. The molecule has 0 bridgehead atoms. The summed E-state index contributed by atoms with van der Waals surface area (Å²) in [5, 5.41) is 43.9. The molecular formula is C20H32N6O12S2. The number of amides is 4. The van der Waals surface area contributed by atoms with Crippen molar-refractivity contribution in [2.75, 3.05) is 24.6 Å². The van der Waals surface area contributed by atoms with Crippen LogP contribution in [0.1, 0.15) is 25.7 Å². The molecular weight excluding hydrogens is 580 g/mol. The molecule has 0 heterocycles. The molecule has 0 rings (SSSR count). The Morgan fingerprint density at radius 2 is 1.05 bits per heavy atom. The molecule has 0 saturated heterocycles. The zero-order valence-electron chi connectivity index (χ0n) is 21.0.